The highest BCUT2D eigenvalue weighted by molar-refractivity contribution is 6.06. The number of hydrogen-bond acceptors (Lipinski definition) is 2. The molecule has 4 aliphatic carbocycles. The zero-order valence-electron chi connectivity index (χ0n) is 29.1. The van der Waals surface area contributed by atoms with Crippen LogP contribution in [0.2, 0.25) is 0 Å². The van der Waals surface area contributed by atoms with Crippen LogP contribution in [0.4, 0.5) is 17.1 Å². The summed E-state index contributed by atoms with van der Waals surface area (Å²) in [6.45, 7) is 0. The Morgan fingerprint density at radius 3 is 2.14 bits per heavy atom. The molecular weight excluding hydrogens is 619 g/mol. The molecule has 6 aromatic carbocycles. The zero-order chi connectivity index (χ0) is 33.5. The van der Waals surface area contributed by atoms with Crippen LogP contribution in [0.5, 0.6) is 0 Å². The molecule has 7 aromatic rings. The standard InChI is InChI=1S/C49H43NO/c1-3-11-33(12-4-1)35-20-26-46(43(28-35)34-13-5-2-6-14-34)50(38-23-25-42-41-16-8-10-18-47(41)51-48(42)30-38)37-22-24-40-39-15-7-9-17-44(39)49(45(40)29-37)31-32-19-21-36(49)27-32/h1-6,8,10-14,16,18,20,22-26,28-30,32,36,39,44H,7,9,15,17,19,21,27,31H2. The number of hydrogen-bond donors (Lipinski definition) is 0. The number of benzene rings is 6. The third-order valence-electron chi connectivity index (χ3n) is 13.6. The van der Waals surface area contributed by atoms with Gasteiger partial charge in [-0.1, -0.05) is 110 Å². The van der Waals surface area contributed by atoms with Crippen LogP contribution in [-0.2, 0) is 5.41 Å². The molecule has 5 atom stereocenters. The fourth-order valence-corrected chi connectivity index (χ4v) is 11.6. The Hall–Kier alpha value is -5.08. The first kappa shape index (κ1) is 29.6. The Morgan fingerprint density at radius 1 is 0.569 bits per heavy atom. The molecule has 0 saturated heterocycles. The molecular formula is C49H43NO. The van der Waals surface area contributed by atoms with Gasteiger partial charge in [0.2, 0.25) is 0 Å². The summed E-state index contributed by atoms with van der Waals surface area (Å²) >= 11 is 0. The lowest BCUT2D eigenvalue weighted by molar-refractivity contribution is 0.136. The van der Waals surface area contributed by atoms with E-state index < -0.39 is 0 Å². The van der Waals surface area contributed by atoms with Gasteiger partial charge in [-0.3, -0.25) is 0 Å². The van der Waals surface area contributed by atoms with Crippen molar-refractivity contribution in [1.29, 1.82) is 0 Å². The predicted octanol–water partition coefficient (Wildman–Crippen LogP) is 13.7. The number of furan rings is 1. The van der Waals surface area contributed by atoms with Gasteiger partial charge in [-0.05, 0) is 126 Å². The van der Waals surface area contributed by atoms with Crippen LogP contribution < -0.4 is 4.90 Å². The van der Waals surface area contributed by atoms with Gasteiger partial charge in [-0.2, -0.15) is 0 Å². The first-order valence-corrected chi connectivity index (χ1v) is 19.4. The van der Waals surface area contributed by atoms with E-state index in [1.807, 2.05) is 0 Å². The lowest BCUT2D eigenvalue weighted by atomic mass is 9.60. The monoisotopic (exact) mass is 661 g/mol. The average molecular weight is 662 g/mol. The van der Waals surface area contributed by atoms with Crippen molar-refractivity contribution in [1.82, 2.24) is 0 Å². The fraction of sp³-hybridized carbons (Fsp3) is 0.265. The quantitative estimate of drug-likeness (QED) is 0.183. The molecule has 2 nitrogen and oxygen atoms in total. The average Bonchev–Trinajstić information content (AvgIpc) is 3.97. The topological polar surface area (TPSA) is 16.4 Å². The van der Waals surface area contributed by atoms with E-state index in [9.17, 15) is 0 Å². The lowest BCUT2D eigenvalue weighted by Gasteiger charge is -2.44. The first-order chi connectivity index (χ1) is 25.2. The summed E-state index contributed by atoms with van der Waals surface area (Å²) in [7, 11) is 0. The Morgan fingerprint density at radius 2 is 1.31 bits per heavy atom. The number of nitrogens with zero attached hydrogens (tertiary/aromatic N) is 1. The second kappa shape index (κ2) is 11.5. The van der Waals surface area contributed by atoms with Gasteiger partial charge in [0, 0.05) is 39.2 Å². The van der Waals surface area contributed by atoms with E-state index in [-0.39, 0.29) is 0 Å². The maximum Gasteiger partial charge on any atom is 0.137 e. The molecule has 3 saturated carbocycles. The normalized spacial score (nSPS) is 24.7. The molecule has 11 rings (SSSR count). The Labute approximate surface area is 300 Å². The largest absolute Gasteiger partial charge is 0.456 e. The summed E-state index contributed by atoms with van der Waals surface area (Å²) in [5.41, 5.74) is 14.1. The lowest BCUT2D eigenvalue weighted by Crippen LogP contribution is -2.39. The van der Waals surface area contributed by atoms with Crippen LogP contribution in [0.25, 0.3) is 44.2 Å². The summed E-state index contributed by atoms with van der Waals surface area (Å²) in [6, 6.07) is 51.7. The summed E-state index contributed by atoms with van der Waals surface area (Å²) in [6.07, 6.45) is 11.3. The van der Waals surface area contributed by atoms with Gasteiger partial charge in [0.25, 0.3) is 0 Å². The number of fused-ring (bicyclic) bond motifs is 11. The van der Waals surface area contributed by atoms with Crippen LogP contribution in [0.1, 0.15) is 68.4 Å². The van der Waals surface area contributed by atoms with Gasteiger partial charge >= 0.3 is 0 Å². The molecule has 0 aliphatic heterocycles. The van der Waals surface area contributed by atoms with Crippen LogP contribution in [-0.4, -0.2) is 0 Å². The molecule has 0 N–H and O–H groups in total. The molecule has 3 fully saturated rings. The van der Waals surface area contributed by atoms with Gasteiger partial charge in [-0.15, -0.1) is 0 Å². The Kier molecular flexibility index (Phi) is 6.66. The minimum Gasteiger partial charge on any atom is -0.456 e. The van der Waals surface area contributed by atoms with Crippen LogP contribution >= 0.6 is 0 Å². The molecule has 51 heavy (non-hydrogen) atoms. The third kappa shape index (κ3) is 4.48. The van der Waals surface area contributed by atoms with E-state index >= 15 is 0 Å². The number of rotatable bonds is 5. The van der Waals surface area contributed by atoms with Gasteiger partial charge in [0.05, 0.1) is 5.69 Å². The molecule has 4 aliphatic rings. The minimum absolute atomic E-state index is 0.354. The summed E-state index contributed by atoms with van der Waals surface area (Å²) < 4.78 is 6.53. The summed E-state index contributed by atoms with van der Waals surface area (Å²) in [5, 5.41) is 2.33. The number of anilines is 3. The maximum absolute atomic E-state index is 6.53. The van der Waals surface area contributed by atoms with Crippen molar-refractivity contribution in [2.75, 3.05) is 4.90 Å². The fourth-order valence-electron chi connectivity index (χ4n) is 11.6. The van der Waals surface area contributed by atoms with Gasteiger partial charge < -0.3 is 9.32 Å². The molecule has 250 valence electrons. The Bertz CT molecular complexity index is 2420. The minimum atomic E-state index is 0.354. The summed E-state index contributed by atoms with van der Waals surface area (Å²) in [5.74, 6) is 3.30. The van der Waals surface area contributed by atoms with E-state index in [0.717, 1.165) is 45.9 Å². The molecule has 2 bridgehead atoms. The highest BCUT2D eigenvalue weighted by Gasteiger charge is 2.61. The third-order valence-corrected chi connectivity index (χ3v) is 13.6. The van der Waals surface area contributed by atoms with Crippen molar-refractivity contribution in [3.05, 3.63) is 151 Å². The Balaban J connectivity index is 1.15. The van der Waals surface area contributed by atoms with Crippen molar-refractivity contribution >= 4 is 39.0 Å². The molecule has 1 aromatic heterocycles. The zero-order valence-corrected chi connectivity index (χ0v) is 29.1. The molecule has 5 unspecified atom stereocenters. The molecule has 2 heteroatoms. The van der Waals surface area contributed by atoms with Crippen molar-refractivity contribution in [3.8, 4) is 22.3 Å². The highest BCUT2D eigenvalue weighted by atomic mass is 16.3. The molecule has 0 radical (unpaired) electrons. The van der Waals surface area contributed by atoms with E-state index in [0.29, 0.717) is 5.41 Å². The second-order valence-electron chi connectivity index (χ2n) is 16.0. The maximum atomic E-state index is 6.53. The van der Waals surface area contributed by atoms with E-state index in [4.69, 9.17) is 4.42 Å². The van der Waals surface area contributed by atoms with Gasteiger partial charge in [0.1, 0.15) is 11.2 Å². The SMILES string of the molecule is c1ccc(-c2ccc(N(c3ccc4c(c3)C3(CC5CCC3C5)C3CCCCC43)c3ccc4c(c3)oc3ccccc34)c(-c3ccccc3)c2)cc1. The van der Waals surface area contributed by atoms with Gasteiger partial charge in [-0.25, -0.2) is 0 Å². The second-order valence-corrected chi connectivity index (χ2v) is 16.0. The molecule has 1 heterocycles. The number of para-hydroxylation sites is 1. The van der Waals surface area contributed by atoms with E-state index in [2.05, 4.69) is 144 Å². The van der Waals surface area contributed by atoms with E-state index in [1.54, 1.807) is 11.1 Å². The van der Waals surface area contributed by atoms with Crippen LogP contribution in [0.3, 0.4) is 0 Å². The van der Waals surface area contributed by atoms with Crippen LogP contribution in [0, 0.1) is 17.8 Å². The summed E-state index contributed by atoms with van der Waals surface area (Å²) in [4.78, 5) is 2.53. The highest BCUT2D eigenvalue weighted by Crippen LogP contribution is 2.69. The van der Waals surface area contributed by atoms with Crippen LogP contribution in [0.15, 0.2) is 144 Å². The van der Waals surface area contributed by atoms with Gasteiger partial charge in [0.15, 0.2) is 0 Å². The van der Waals surface area contributed by atoms with Crippen molar-refractivity contribution in [2.45, 2.75) is 62.7 Å². The first-order valence-electron chi connectivity index (χ1n) is 19.4. The van der Waals surface area contributed by atoms with E-state index in [1.165, 1.54) is 90.4 Å². The molecule has 1 spiro atoms. The molecule has 0 amide bonds. The predicted molar refractivity (Wildman–Crippen MR) is 211 cm³/mol. The van der Waals surface area contributed by atoms with Crippen molar-refractivity contribution in [2.24, 2.45) is 17.8 Å². The van der Waals surface area contributed by atoms with Crippen molar-refractivity contribution in [3.63, 3.8) is 0 Å². The van der Waals surface area contributed by atoms with Crippen molar-refractivity contribution < 1.29 is 4.42 Å². The smallest absolute Gasteiger partial charge is 0.137 e.